The Morgan fingerprint density at radius 3 is 2.00 bits per heavy atom. The van der Waals surface area contributed by atoms with E-state index in [0.29, 0.717) is 24.4 Å². The maximum Gasteiger partial charge on any atom is 0.0606 e. The Balaban J connectivity index is 4.10. The van der Waals surface area contributed by atoms with Crippen LogP contribution in [0.1, 0.15) is 34.1 Å². The van der Waals surface area contributed by atoms with Crippen LogP contribution < -0.4 is 0 Å². The van der Waals surface area contributed by atoms with Crippen molar-refractivity contribution in [3.8, 4) is 0 Å². The van der Waals surface area contributed by atoms with Crippen LogP contribution in [-0.4, -0.2) is 41.4 Å². The van der Waals surface area contributed by atoms with E-state index in [1.807, 2.05) is 11.1 Å². The van der Waals surface area contributed by atoms with Crippen LogP contribution in [0.15, 0.2) is 12.3 Å². The van der Waals surface area contributed by atoms with Gasteiger partial charge in [0, 0.05) is 13.1 Å². The molecule has 0 fully saturated rings. The summed E-state index contributed by atoms with van der Waals surface area (Å²) in [6.45, 7) is 10.3. The first-order valence-electron chi connectivity index (χ1n) is 6.03. The number of hydrogen-bond donors (Lipinski definition) is 2. The minimum Gasteiger partial charge on any atom is -0.395 e. The molecule has 0 aromatic rings. The summed E-state index contributed by atoms with van der Waals surface area (Å²) in [6.07, 6.45) is 5.27. The standard InChI is InChI=1S/C13H27NO2/c1-12(11-13(2,3)4)5-6-14(7-9-15)8-10-16/h5-6,12,15-16H,7-11H2,1-4H3/b6-5+. The third-order valence-corrected chi connectivity index (χ3v) is 2.33. The second kappa shape index (κ2) is 7.69. The number of allylic oxidation sites excluding steroid dienone is 1. The van der Waals surface area contributed by atoms with Gasteiger partial charge in [-0.1, -0.05) is 33.8 Å². The van der Waals surface area contributed by atoms with Crippen LogP contribution in [0.3, 0.4) is 0 Å². The van der Waals surface area contributed by atoms with E-state index in [-0.39, 0.29) is 13.2 Å². The van der Waals surface area contributed by atoms with Gasteiger partial charge in [0.25, 0.3) is 0 Å². The molecule has 1 unspecified atom stereocenters. The molecule has 3 heteroatoms. The summed E-state index contributed by atoms with van der Waals surface area (Å²) < 4.78 is 0. The molecule has 0 spiro atoms. The largest absolute Gasteiger partial charge is 0.395 e. The van der Waals surface area contributed by atoms with Crippen molar-refractivity contribution in [2.45, 2.75) is 34.1 Å². The summed E-state index contributed by atoms with van der Waals surface area (Å²) in [4.78, 5) is 1.94. The van der Waals surface area contributed by atoms with Gasteiger partial charge in [-0.25, -0.2) is 0 Å². The summed E-state index contributed by atoms with van der Waals surface area (Å²) in [5.74, 6) is 0.514. The highest BCUT2D eigenvalue weighted by atomic mass is 16.3. The van der Waals surface area contributed by atoms with E-state index in [9.17, 15) is 0 Å². The minimum absolute atomic E-state index is 0.123. The minimum atomic E-state index is 0.123. The number of rotatable bonds is 7. The van der Waals surface area contributed by atoms with Gasteiger partial charge < -0.3 is 15.1 Å². The lowest BCUT2D eigenvalue weighted by Crippen LogP contribution is -2.24. The molecule has 0 saturated heterocycles. The van der Waals surface area contributed by atoms with Crippen molar-refractivity contribution in [1.29, 1.82) is 0 Å². The fourth-order valence-corrected chi connectivity index (χ4v) is 1.82. The molecule has 0 amide bonds. The van der Waals surface area contributed by atoms with E-state index in [1.54, 1.807) is 0 Å². The van der Waals surface area contributed by atoms with Gasteiger partial charge in [-0.15, -0.1) is 0 Å². The third kappa shape index (κ3) is 8.74. The molecule has 0 aliphatic heterocycles. The van der Waals surface area contributed by atoms with Crippen molar-refractivity contribution in [1.82, 2.24) is 4.90 Å². The van der Waals surface area contributed by atoms with Gasteiger partial charge in [0.05, 0.1) is 13.2 Å². The molecule has 96 valence electrons. The Bertz CT molecular complexity index is 191. The predicted molar refractivity (Wildman–Crippen MR) is 68.1 cm³/mol. The van der Waals surface area contributed by atoms with Crippen molar-refractivity contribution >= 4 is 0 Å². The van der Waals surface area contributed by atoms with Crippen LogP contribution in [0.25, 0.3) is 0 Å². The van der Waals surface area contributed by atoms with Crippen LogP contribution in [0.5, 0.6) is 0 Å². The van der Waals surface area contributed by atoms with Crippen molar-refractivity contribution in [3.63, 3.8) is 0 Å². The van der Waals surface area contributed by atoms with Gasteiger partial charge in [0.2, 0.25) is 0 Å². The number of hydrogen-bond acceptors (Lipinski definition) is 3. The zero-order chi connectivity index (χ0) is 12.6. The summed E-state index contributed by atoms with van der Waals surface area (Å²) in [6, 6.07) is 0. The molecule has 0 heterocycles. The molecular formula is C13H27NO2. The van der Waals surface area contributed by atoms with E-state index in [2.05, 4.69) is 33.8 Å². The first-order chi connectivity index (χ1) is 7.39. The number of aliphatic hydroxyl groups is 2. The van der Waals surface area contributed by atoms with E-state index in [0.717, 1.165) is 6.42 Å². The molecule has 0 radical (unpaired) electrons. The summed E-state index contributed by atoms with van der Waals surface area (Å²) >= 11 is 0. The first-order valence-corrected chi connectivity index (χ1v) is 6.03. The van der Waals surface area contributed by atoms with Gasteiger partial charge in [-0.05, 0) is 24.0 Å². The smallest absolute Gasteiger partial charge is 0.0606 e. The third-order valence-electron chi connectivity index (χ3n) is 2.33. The summed E-state index contributed by atoms with van der Waals surface area (Å²) in [5.41, 5.74) is 0.336. The molecule has 1 atom stereocenters. The van der Waals surface area contributed by atoms with Crippen LogP contribution in [0.4, 0.5) is 0 Å². The van der Waals surface area contributed by atoms with Crippen LogP contribution in [0.2, 0.25) is 0 Å². The zero-order valence-corrected chi connectivity index (χ0v) is 11.1. The van der Waals surface area contributed by atoms with E-state index in [4.69, 9.17) is 10.2 Å². The Morgan fingerprint density at radius 2 is 1.62 bits per heavy atom. The Morgan fingerprint density at radius 1 is 1.12 bits per heavy atom. The first kappa shape index (κ1) is 15.5. The molecule has 0 aliphatic rings. The lowest BCUT2D eigenvalue weighted by Gasteiger charge is -2.22. The molecule has 0 aromatic heterocycles. The van der Waals surface area contributed by atoms with E-state index < -0.39 is 0 Å². The maximum absolute atomic E-state index is 8.86. The highest BCUT2D eigenvalue weighted by Crippen LogP contribution is 2.24. The van der Waals surface area contributed by atoms with Crippen LogP contribution >= 0.6 is 0 Å². The molecule has 0 aliphatic carbocycles. The molecule has 0 saturated carbocycles. The maximum atomic E-state index is 8.86. The fourth-order valence-electron chi connectivity index (χ4n) is 1.82. The molecular weight excluding hydrogens is 202 g/mol. The van der Waals surface area contributed by atoms with Crippen molar-refractivity contribution in [3.05, 3.63) is 12.3 Å². The van der Waals surface area contributed by atoms with Crippen molar-refractivity contribution in [2.75, 3.05) is 26.3 Å². The lowest BCUT2D eigenvalue weighted by atomic mass is 9.85. The zero-order valence-electron chi connectivity index (χ0n) is 11.1. The van der Waals surface area contributed by atoms with Crippen molar-refractivity contribution < 1.29 is 10.2 Å². The number of aliphatic hydroxyl groups excluding tert-OH is 2. The van der Waals surface area contributed by atoms with E-state index in [1.165, 1.54) is 0 Å². The van der Waals surface area contributed by atoms with Gasteiger partial charge in [-0.3, -0.25) is 0 Å². The Labute approximate surface area is 99.8 Å². The van der Waals surface area contributed by atoms with Crippen LogP contribution in [-0.2, 0) is 0 Å². The van der Waals surface area contributed by atoms with Gasteiger partial charge >= 0.3 is 0 Å². The van der Waals surface area contributed by atoms with Crippen LogP contribution in [0, 0.1) is 11.3 Å². The topological polar surface area (TPSA) is 43.7 Å². The lowest BCUT2D eigenvalue weighted by molar-refractivity contribution is 0.198. The van der Waals surface area contributed by atoms with Gasteiger partial charge in [0.1, 0.15) is 0 Å². The van der Waals surface area contributed by atoms with Gasteiger partial charge in [-0.2, -0.15) is 0 Å². The fraction of sp³-hybridized carbons (Fsp3) is 0.846. The second-order valence-corrected chi connectivity index (χ2v) is 5.57. The summed E-state index contributed by atoms with van der Waals surface area (Å²) in [7, 11) is 0. The molecule has 3 nitrogen and oxygen atoms in total. The predicted octanol–water partition coefficient (Wildman–Crippen LogP) is 1.86. The molecule has 0 bridgehead atoms. The van der Waals surface area contributed by atoms with Crippen molar-refractivity contribution in [2.24, 2.45) is 11.3 Å². The second-order valence-electron chi connectivity index (χ2n) is 5.57. The van der Waals surface area contributed by atoms with Gasteiger partial charge in [0.15, 0.2) is 0 Å². The molecule has 0 aromatic carbocycles. The molecule has 2 N–H and O–H groups in total. The highest BCUT2D eigenvalue weighted by Gasteiger charge is 2.13. The van der Waals surface area contributed by atoms with E-state index >= 15 is 0 Å². The average Bonchev–Trinajstić information content (AvgIpc) is 2.12. The highest BCUT2D eigenvalue weighted by molar-refractivity contribution is 4.88. The monoisotopic (exact) mass is 229 g/mol. The number of nitrogens with zero attached hydrogens (tertiary/aromatic N) is 1. The Hall–Kier alpha value is -0.540. The Kier molecular flexibility index (Phi) is 7.43. The molecule has 0 rings (SSSR count). The SMILES string of the molecule is CC(/C=C/N(CCO)CCO)CC(C)(C)C. The normalized spacial score (nSPS) is 14.4. The molecule has 16 heavy (non-hydrogen) atoms. The summed E-state index contributed by atoms with van der Waals surface area (Å²) in [5, 5.41) is 17.7. The quantitative estimate of drug-likeness (QED) is 0.700. The average molecular weight is 229 g/mol.